The molecule has 0 amide bonds. The van der Waals surface area contributed by atoms with Crippen LogP contribution in [0.1, 0.15) is 6.42 Å². The average Bonchev–Trinajstić information content (AvgIpc) is 2.68. The molecule has 1 aromatic carbocycles. The van der Waals surface area contributed by atoms with Crippen LogP contribution < -0.4 is 5.73 Å². The van der Waals surface area contributed by atoms with Gasteiger partial charge in [0.05, 0.1) is 11.5 Å². The van der Waals surface area contributed by atoms with Crippen molar-refractivity contribution in [3.63, 3.8) is 0 Å². The van der Waals surface area contributed by atoms with Crippen molar-refractivity contribution >= 4 is 31.6 Å². The highest BCUT2D eigenvalue weighted by atomic mass is 79.9. The Morgan fingerprint density at radius 3 is 2.67 bits per heavy atom. The molecular weight excluding hydrogens is 358 g/mol. The first-order valence-electron chi connectivity index (χ1n) is 6.83. The van der Waals surface area contributed by atoms with Crippen molar-refractivity contribution in [3.05, 3.63) is 22.7 Å². The van der Waals surface area contributed by atoms with Gasteiger partial charge in [-0.25, -0.2) is 8.42 Å². The molecule has 1 fully saturated rings. The van der Waals surface area contributed by atoms with Crippen LogP contribution >= 0.6 is 15.9 Å². The Morgan fingerprint density at radius 1 is 1.24 bits per heavy atom. The quantitative estimate of drug-likeness (QED) is 0.754. The van der Waals surface area contributed by atoms with Crippen molar-refractivity contribution in [2.45, 2.75) is 11.3 Å². The summed E-state index contributed by atoms with van der Waals surface area (Å²) >= 11 is 3.26. The number of halogens is 1. The standard InChI is InChI=1S/C13H20BrN3O3S/c14-12-10-11(2-3-13(12)15)21(19,20)17-5-1-4-16(6-7-17)8-9-18/h2-3,10,18H,1,4-9,15H2. The first-order valence-corrected chi connectivity index (χ1v) is 9.07. The molecule has 1 aliphatic heterocycles. The van der Waals surface area contributed by atoms with Gasteiger partial charge in [0.15, 0.2) is 0 Å². The van der Waals surface area contributed by atoms with Crippen LogP contribution in [0.4, 0.5) is 5.69 Å². The van der Waals surface area contributed by atoms with Crippen molar-refractivity contribution in [2.75, 3.05) is 45.1 Å². The molecule has 0 saturated carbocycles. The molecule has 0 aromatic heterocycles. The van der Waals surface area contributed by atoms with E-state index in [-0.39, 0.29) is 11.5 Å². The fraction of sp³-hybridized carbons (Fsp3) is 0.538. The minimum atomic E-state index is -3.50. The second-order valence-corrected chi connectivity index (χ2v) is 7.80. The van der Waals surface area contributed by atoms with E-state index in [1.165, 1.54) is 10.4 Å². The minimum Gasteiger partial charge on any atom is -0.398 e. The topological polar surface area (TPSA) is 86.9 Å². The zero-order chi connectivity index (χ0) is 15.5. The van der Waals surface area contributed by atoms with Crippen LogP contribution in [0.5, 0.6) is 0 Å². The van der Waals surface area contributed by atoms with Crippen LogP contribution in [0, 0.1) is 0 Å². The second kappa shape index (κ2) is 7.06. The van der Waals surface area contributed by atoms with E-state index < -0.39 is 10.0 Å². The predicted octanol–water partition coefficient (Wildman–Crippen LogP) is 0.720. The summed E-state index contributed by atoms with van der Waals surface area (Å²) < 4.78 is 27.4. The molecular formula is C13H20BrN3O3S. The summed E-state index contributed by atoms with van der Waals surface area (Å²) in [5.74, 6) is 0. The lowest BCUT2D eigenvalue weighted by molar-refractivity contribution is 0.202. The number of nitrogen functional groups attached to an aromatic ring is 1. The van der Waals surface area contributed by atoms with E-state index in [0.717, 1.165) is 13.0 Å². The van der Waals surface area contributed by atoms with Crippen molar-refractivity contribution in [1.82, 2.24) is 9.21 Å². The highest BCUT2D eigenvalue weighted by Gasteiger charge is 2.27. The number of aliphatic hydroxyl groups is 1. The van der Waals surface area contributed by atoms with Crippen LogP contribution in [0.3, 0.4) is 0 Å². The Hall–Kier alpha value is -0.670. The van der Waals surface area contributed by atoms with Gasteiger partial charge in [-0.05, 0) is 47.1 Å². The highest BCUT2D eigenvalue weighted by molar-refractivity contribution is 9.10. The van der Waals surface area contributed by atoms with E-state index in [1.54, 1.807) is 12.1 Å². The number of rotatable bonds is 4. The summed E-state index contributed by atoms with van der Waals surface area (Å²) in [7, 11) is -3.50. The number of benzene rings is 1. The molecule has 0 aliphatic carbocycles. The molecule has 8 heteroatoms. The van der Waals surface area contributed by atoms with Crippen molar-refractivity contribution in [1.29, 1.82) is 0 Å². The molecule has 1 heterocycles. The minimum absolute atomic E-state index is 0.0949. The predicted molar refractivity (Wildman–Crippen MR) is 85.5 cm³/mol. The van der Waals surface area contributed by atoms with E-state index in [9.17, 15) is 8.42 Å². The molecule has 0 radical (unpaired) electrons. The molecule has 118 valence electrons. The first-order chi connectivity index (χ1) is 9.95. The normalized spacial score (nSPS) is 18.6. The Labute approximate surface area is 133 Å². The van der Waals surface area contributed by atoms with E-state index in [2.05, 4.69) is 20.8 Å². The number of nitrogens with two attached hydrogens (primary N) is 1. The summed E-state index contributed by atoms with van der Waals surface area (Å²) in [5.41, 5.74) is 6.21. The SMILES string of the molecule is Nc1ccc(S(=O)(=O)N2CCCN(CCO)CC2)cc1Br. The van der Waals surface area contributed by atoms with Crippen LogP contribution in [0.15, 0.2) is 27.6 Å². The largest absolute Gasteiger partial charge is 0.398 e. The number of sulfonamides is 1. The number of anilines is 1. The molecule has 0 unspecified atom stereocenters. The van der Waals surface area contributed by atoms with Gasteiger partial charge < -0.3 is 10.8 Å². The third-order valence-corrected chi connectivity index (χ3v) is 6.15. The Bertz CT molecular complexity index is 594. The molecule has 1 aliphatic rings. The van der Waals surface area contributed by atoms with Gasteiger partial charge in [-0.2, -0.15) is 4.31 Å². The van der Waals surface area contributed by atoms with Gasteiger partial charge in [-0.1, -0.05) is 0 Å². The molecule has 1 saturated heterocycles. The van der Waals surface area contributed by atoms with Gasteiger partial charge in [0.2, 0.25) is 10.0 Å². The van der Waals surface area contributed by atoms with Gasteiger partial charge in [-0.15, -0.1) is 0 Å². The molecule has 0 spiro atoms. The monoisotopic (exact) mass is 377 g/mol. The third kappa shape index (κ3) is 3.95. The Balaban J connectivity index is 2.17. The lowest BCUT2D eigenvalue weighted by Crippen LogP contribution is -2.35. The fourth-order valence-corrected chi connectivity index (χ4v) is 4.40. The number of aliphatic hydroxyl groups excluding tert-OH is 1. The molecule has 0 atom stereocenters. The molecule has 21 heavy (non-hydrogen) atoms. The van der Waals surface area contributed by atoms with E-state index in [0.29, 0.717) is 36.3 Å². The average molecular weight is 378 g/mol. The summed E-state index contributed by atoms with van der Waals surface area (Å²) in [6, 6.07) is 4.67. The summed E-state index contributed by atoms with van der Waals surface area (Å²) in [6.45, 7) is 3.05. The molecule has 2 rings (SSSR count). The summed E-state index contributed by atoms with van der Waals surface area (Å²) in [4.78, 5) is 2.33. The Morgan fingerprint density at radius 2 is 2.00 bits per heavy atom. The molecule has 1 aromatic rings. The van der Waals surface area contributed by atoms with E-state index >= 15 is 0 Å². The Kier molecular flexibility index (Phi) is 5.61. The first kappa shape index (κ1) is 16.7. The smallest absolute Gasteiger partial charge is 0.243 e. The summed E-state index contributed by atoms with van der Waals surface area (Å²) in [5, 5.41) is 8.98. The van der Waals surface area contributed by atoms with Gasteiger partial charge in [0.25, 0.3) is 0 Å². The van der Waals surface area contributed by atoms with Crippen molar-refractivity contribution < 1.29 is 13.5 Å². The van der Waals surface area contributed by atoms with E-state index in [4.69, 9.17) is 10.8 Å². The van der Waals surface area contributed by atoms with E-state index in [1.807, 2.05) is 0 Å². The van der Waals surface area contributed by atoms with Gasteiger partial charge in [0.1, 0.15) is 0 Å². The maximum Gasteiger partial charge on any atom is 0.243 e. The van der Waals surface area contributed by atoms with Gasteiger partial charge in [-0.3, -0.25) is 4.90 Å². The van der Waals surface area contributed by atoms with Crippen LogP contribution in [0.2, 0.25) is 0 Å². The lowest BCUT2D eigenvalue weighted by Gasteiger charge is -2.21. The highest BCUT2D eigenvalue weighted by Crippen LogP contribution is 2.25. The zero-order valence-electron chi connectivity index (χ0n) is 11.7. The number of β-amino-alcohol motifs (C(OH)–C–C–N with tert-alkyl or cyclic N) is 1. The lowest BCUT2D eigenvalue weighted by atomic mass is 10.3. The molecule has 0 bridgehead atoms. The maximum atomic E-state index is 12.7. The van der Waals surface area contributed by atoms with Crippen LogP contribution in [-0.2, 0) is 10.0 Å². The zero-order valence-corrected chi connectivity index (χ0v) is 14.1. The van der Waals surface area contributed by atoms with Gasteiger partial charge >= 0.3 is 0 Å². The van der Waals surface area contributed by atoms with Gasteiger partial charge in [0, 0.05) is 36.3 Å². The maximum absolute atomic E-state index is 12.7. The second-order valence-electron chi connectivity index (χ2n) is 5.01. The van der Waals surface area contributed by atoms with Crippen molar-refractivity contribution in [3.8, 4) is 0 Å². The number of nitrogens with zero attached hydrogens (tertiary/aromatic N) is 2. The van der Waals surface area contributed by atoms with Crippen LogP contribution in [-0.4, -0.2) is 62.1 Å². The summed E-state index contributed by atoms with van der Waals surface area (Å²) in [6.07, 6.45) is 0.759. The molecule has 3 N–H and O–H groups in total. The van der Waals surface area contributed by atoms with Crippen molar-refractivity contribution in [2.24, 2.45) is 0 Å². The number of hydrogen-bond acceptors (Lipinski definition) is 5. The number of hydrogen-bond donors (Lipinski definition) is 2. The third-order valence-electron chi connectivity index (χ3n) is 3.57. The molecule has 6 nitrogen and oxygen atoms in total. The van der Waals surface area contributed by atoms with Crippen LogP contribution in [0.25, 0.3) is 0 Å². The fourth-order valence-electron chi connectivity index (χ4n) is 2.37.